The molecule has 0 spiro atoms. The number of piperidine rings is 1. The highest BCUT2D eigenvalue weighted by atomic mass is 16.2. The highest BCUT2D eigenvalue weighted by Crippen LogP contribution is 2.20. The molecular weight excluding hydrogens is 352 g/mol. The van der Waals surface area contributed by atoms with Crippen LogP contribution in [0.3, 0.4) is 0 Å². The van der Waals surface area contributed by atoms with Gasteiger partial charge in [-0.25, -0.2) is 4.79 Å². The Morgan fingerprint density at radius 1 is 1.25 bits per heavy atom. The Hall–Kier alpha value is -3.22. The molecule has 3 heterocycles. The van der Waals surface area contributed by atoms with Gasteiger partial charge < -0.3 is 15.1 Å². The molecule has 0 saturated carbocycles. The molecule has 144 valence electrons. The minimum absolute atomic E-state index is 0.0581. The van der Waals surface area contributed by atoms with E-state index < -0.39 is 0 Å². The number of hydrogen-bond acceptors (Lipinski definition) is 5. The maximum Gasteiger partial charge on any atom is 0.317 e. The van der Waals surface area contributed by atoms with E-state index in [-0.39, 0.29) is 12.1 Å². The summed E-state index contributed by atoms with van der Waals surface area (Å²) in [5.74, 6) is 0.866. The highest BCUT2D eigenvalue weighted by Gasteiger charge is 2.26. The number of aromatic nitrogens is 3. The number of nitrogens with one attached hydrogen (secondary N) is 1. The third kappa shape index (κ3) is 4.03. The number of fused-ring (bicyclic) bond motifs is 1. The van der Waals surface area contributed by atoms with E-state index in [0.717, 1.165) is 48.2 Å². The zero-order chi connectivity index (χ0) is 19.3. The third-order valence-electron chi connectivity index (χ3n) is 5.26. The summed E-state index contributed by atoms with van der Waals surface area (Å²) >= 11 is 0. The van der Waals surface area contributed by atoms with Crippen LogP contribution < -0.4 is 10.2 Å². The zero-order valence-corrected chi connectivity index (χ0v) is 16.0. The smallest absolute Gasteiger partial charge is 0.317 e. The molecule has 2 aromatic heterocycles. The van der Waals surface area contributed by atoms with Gasteiger partial charge in [-0.2, -0.15) is 5.10 Å². The standard InChI is InChI=1S/C21H24N6O/c1-26(18-6-4-12-27(15-18)20-7-3-11-24-25-20)21(28)23-14-16-8-9-19-17(13-16)5-2-10-22-19/h2-3,5,7-11,13,18H,4,6,12,14-15H2,1H3,(H,23,28)/t18-/m1/s1. The number of carbonyl (C=O) groups is 1. The van der Waals surface area contributed by atoms with Gasteiger partial charge >= 0.3 is 6.03 Å². The topological polar surface area (TPSA) is 74.2 Å². The number of hydrogen-bond donors (Lipinski definition) is 1. The van der Waals surface area contributed by atoms with Gasteiger partial charge in [0.25, 0.3) is 0 Å². The van der Waals surface area contributed by atoms with Gasteiger partial charge in [0.1, 0.15) is 0 Å². The fourth-order valence-corrected chi connectivity index (χ4v) is 3.64. The minimum Gasteiger partial charge on any atom is -0.353 e. The van der Waals surface area contributed by atoms with Gasteiger partial charge in [-0.05, 0) is 48.7 Å². The van der Waals surface area contributed by atoms with Crippen LogP contribution in [0.15, 0.2) is 54.9 Å². The average molecular weight is 376 g/mol. The first-order valence-corrected chi connectivity index (χ1v) is 9.58. The van der Waals surface area contributed by atoms with E-state index in [4.69, 9.17) is 0 Å². The third-order valence-corrected chi connectivity index (χ3v) is 5.26. The minimum atomic E-state index is -0.0581. The van der Waals surface area contributed by atoms with E-state index in [0.29, 0.717) is 6.54 Å². The number of likely N-dealkylation sites (N-methyl/N-ethyl adjacent to an activating group) is 1. The van der Waals surface area contributed by atoms with Gasteiger partial charge in [0.2, 0.25) is 0 Å². The lowest BCUT2D eigenvalue weighted by molar-refractivity contribution is 0.182. The van der Waals surface area contributed by atoms with Crippen LogP contribution in [-0.2, 0) is 6.54 Å². The van der Waals surface area contributed by atoms with E-state index in [9.17, 15) is 4.79 Å². The number of carbonyl (C=O) groups excluding carboxylic acids is 1. The molecule has 1 atom stereocenters. The number of amides is 2. The van der Waals surface area contributed by atoms with Crippen molar-refractivity contribution in [1.29, 1.82) is 0 Å². The molecule has 2 amide bonds. The second-order valence-corrected chi connectivity index (χ2v) is 7.12. The first-order valence-electron chi connectivity index (χ1n) is 9.58. The zero-order valence-electron chi connectivity index (χ0n) is 16.0. The molecule has 0 bridgehead atoms. The second-order valence-electron chi connectivity index (χ2n) is 7.12. The molecule has 0 radical (unpaired) electrons. The Morgan fingerprint density at radius 3 is 3.00 bits per heavy atom. The van der Waals surface area contributed by atoms with Crippen molar-refractivity contribution in [2.24, 2.45) is 0 Å². The molecule has 1 fully saturated rings. The molecule has 1 saturated heterocycles. The van der Waals surface area contributed by atoms with Gasteiger partial charge in [-0.15, -0.1) is 5.10 Å². The number of nitrogens with zero attached hydrogens (tertiary/aromatic N) is 5. The number of anilines is 1. The summed E-state index contributed by atoms with van der Waals surface area (Å²) in [6.07, 6.45) is 5.47. The highest BCUT2D eigenvalue weighted by molar-refractivity contribution is 5.79. The van der Waals surface area contributed by atoms with Crippen molar-refractivity contribution in [2.75, 3.05) is 25.0 Å². The van der Waals surface area contributed by atoms with E-state index in [1.807, 2.05) is 48.3 Å². The fourth-order valence-electron chi connectivity index (χ4n) is 3.64. The van der Waals surface area contributed by atoms with E-state index in [1.54, 1.807) is 12.4 Å². The Morgan fingerprint density at radius 2 is 2.14 bits per heavy atom. The normalized spacial score (nSPS) is 16.8. The van der Waals surface area contributed by atoms with Crippen molar-refractivity contribution in [3.8, 4) is 0 Å². The molecule has 7 heteroatoms. The molecular formula is C21H24N6O. The van der Waals surface area contributed by atoms with Crippen LogP contribution in [0.2, 0.25) is 0 Å². The largest absolute Gasteiger partial charge is 0.353 e. The molecule has 0 aliphatic carbocycles. The van der Waals surface area contributed by atoms with Crippen LogP contribution in [-0.4, -0.2) is 52.3 Å². The lowest BCUT2D eigenvalue weighted by Gasteiger charge is -2.37. The van der Waals surface area contributed by atoms with Crippen molar-refractivity contribution in [2.45, 2.75) is 25.4 Å². The lowest BCUT2D eigenvalue weighted by Crippen LogP contribution is -2.51. The summed E-state index contributed by atoms with van der Waals surface area (Å²) in [5, 5.41) is 12.3. The summed E-state index contributed by atoms with van der Waals surface area (Å²) in [4.78, 5) is 21.0. The van der Waals surface area contributed by atoms with E-state index >= 15 is 0 Å². The Labute approximate surface area is 164 Å². The van der Waals surface area contributed by atoms with Gasteiger partial charge in [0.05, 0.1) is 11.6 Å². The quantitative estimate of drug-likeness (QED) is 0.758. The van der Waals surface area contributed by atoms with Crippen LogP contribution in [0, 0.1) is 0 Å². The summed E-state index contributed by atoms with van der Waals surface area (Å²) < 4.78 is 0. The number of pyridine rings is 1. The molecule has 1 N–H and O–H groups in total. The summed E-state index contributed by atoms with van der Waals surface area (Å²) in [5.41, 5.74) is 2.02. The molecule has 1 aliphatic heterocycles. The summed E-state index contributed by atoms with van der Waals surface area (Å²) in [7, 11) is 1.87. The fraction of sp³-hybridized carbons (Fsp3) is 0.333. The molecule has 28 heavy (non-hydrogen) atoms. The van der Waals surface area contributed by atoms with Crippen molar-refractivity contribution < 1.29 is 4.79 Å². The molecule has 1 aliphatic rings. The number of rotatable bonds is 4. The van der Waals surface area contributed by atoms with Crippen LogP contribution >= 0.6 is 0 Å². The number of benzene rings is 1. The van der Waals surface area contributed by atoms with Crippen LogP contribution in [0.5, 0.6) is 0 Å². The summed E-state index contributed by atoms with van der Waals surface area (Å²) in [6.45, 7) is 2.20. The van der Waals surface area contributed by atoms with Gasteiger partial charge in [0, 0.05) is 44.5 Å². The Kier molecular flexibility index (Phi) is 5.32. The lowest BCUT2D eigenvalue weighted by atomic mass is 10.0. The number of urea groups is 1. The van der Waals surface area contributed by atoms with E-state index in [2.05, 4.69) is 31.5 Å². The first-order chi connectivity index (χ1) is 13.7. The summed E-state index contributed by atoms with van der Waals surface area (Å²) in [6, 6.07) is 14.0. The first kappa shape index (κ1) is 18.2. The SMILES string of the molecule is CN(C(=O)NCc1ccc2ncccc2c1)[C@@H]1CCCN(c2cccnn2)C1. The van der Waals surface area contributed by atoms with Crippen LogP contribution in [0.4, 0.5) is 10.6 Å². The van der Waals surface area contributed by atoms with Gasteiger partial charge in [-0.1, -0.05) is 12.1 Å². The van der Waals surface area contributed by atoms with Crippen molar-refractivity contribution in [1.82, 2.24) is 25.4 Å². The average Bonchev–Trinajstić information content (AvgIpc) is 2.77. The monoisotopic (exact) mass is 376 g/mol. The molecule has 4 rings (SSSR count). The van der Waals surface area contributed by atoms with Crippen molar-refractivity contribution in [3.63, 3.8) is 0 Å². The predicted molar refractivity (Wildman–Crippen MR) is 109 cm³/mol. The Balaban J connectivity index is 1.36. The molecule has 3 aromatic rings. The Bertz CT molecular complexity index is 948. The molecule has 1 aromatic carbocycles. The maximum atomic E-state index is 12.7. The van der Waals surface area contributed by atoms with Gasteiger partial charge in [-0.3, -0.25) is 4.98 Å². The molecule has 0 unspecified atom stereocenters. The van der Waals surface area contributed by atoms with Crippen molar-refractivity contribution >= 4 is 22.8 Å². The predicted octanol–water partition coefficient (Wildman–Crippen LogP) is 2.84. The second kappa shape index (κ2) is 8.21. The van der Waals surface area contributed by atoms with Gasteiger partial charge in [0.15, 0.2) is 5.82 Å². The molecule has 7 nitrogen and oxygen atoms in total. The van der Waals surface area contributed by atoms with Crippen LogP contribution in [0.1, 0.15) is 18.4 Å². The van der Waals surface area contributed by atoms with Crippen molar-refractivity contribution in [3.05, 3.63) is 60.4 Å². The van der Waals surface area contributed by atoms with E-state index in [1.165, 1.54) is 0 Å². The van der Waals surface area contributed by atoms with Crippen LogP contribution in [0.25, 0.3) is 10.9 Å². The maximum absolute atomic E-state index is 12.7.